The first kappa shape index (κ1) is 42.2. The van der Waals surface area contributed by atoms with Gasteiger partial charge in [-0.3, -0.25) is 4.52 Å². The van der Waals surface area contributed by atoms with E-state index in [0.717, 1.165) is 25.7 Å². The molecule has 0 amide bonds. The number of hydrogen-bond acceptors (Lipinski definition) is 3. The van der Waals surface area contributed by atoms with Gasteiger partial charge in [0.15, 0.2) is 0 Å². The van der Waals surface area contributed by atoms with Gasteiger partial charge < -0.3 is 14.7 Å². The highest BCUT2D eigenvalue weighted by atomic mass is 31.2. The van der Waals surface area contributed by atoms with Gasteiger partial charge in [0.05, 0.1) is 6.61 Å². The van der Waals surface area contributed by atoms with Crippen LogP contribution >= 0.6 is 7.82 Å². The Labute approximate surface area is 252 Å². The molecule has 0 heterocycles. The van der Waals surface area contributed by atoms with Crippen LogP contribution in [-0.2, 0) is 9.09 Å². The molecule has 2 N–H and O–H groups in total. The number of phosphoric ester groups is 1. The van der Waals surface area contributed by atoms with Crippen molar-refractivity contribution >= 4 is 7.82 Å². The molecular weight excluding hydrogens is 517 g/mol. The van der Waals surface area contributed by atoms with Crippen LogP contribution < -0.4 is 0 Å². The smallest absolute Gasteiger partial charge is 0.309 e. The summed E-state index contributed by atoms with van der Waals surface area (Å²) < 4.78 is 15.7. The molecule has 0 radical (unpaired) electrons. The third kappa shape index (κ3) is 40.2. The lowest BCUT2D eigenvalue weighted by atomic mass is 9.95. The van der Waals surface area contributed by atoms with Crippen LogP contribution in [0.1, 0.15) is 188 Å². The zero-order valence-electron chi connectivity index (χ0n) is 28.0. The number of phosphoric acid groups is 1. The van der Waals surface area contributed by atoms with Crippen molar-refractivity contribution in [2.75, 3.05) is 27.2 Å². The molecule has 5 nitrogen and oxygen atoms in total. The predicted molar refractivity (Wildman–Crippen MR) is 177 cm³/mol. The van der Waals surface area contributed by atoms with Crippen molar-refractivity contribution < 1.29 is 18.9 Å². The Morgan fingerprint density at radius 3 is 1.12 bits per heavy atom. The standard InChI is InChI=1S/C20H43O4P.C14H31N/c1-3-5-7-9-11-12-14-16-18-20(19-24-25(21,22)23)17-15-13-10-8-6-4-2;1-4-5-6-7-8-9-10-11-12-13-14-15(2)3/h20H,3-19H2,1-2H3,(H2,21,22,23);4-14H2,1-3H3. The molecule has 0 saturated heterocycles. The second-order valence-corrected chi connectivity index (χ2v) is 13.7. The Morgan fingerprint density at radius 2 is 0.825 bits per heavy atom. The van der Waals surface area contributed by atoms with E-state index in [0.29, 0.717) is 5.92 Å². The molecule has 0 aliphatic rings. The molecule has 0 aromatic heterocycles. The first-order chi connectivity index (χ1) is 19.3. The van der Waals surface area contributed by atoms with Crippen molar-refractivity contribution in [3.8, 4) is 0 Å². The number of nitrogens with zero attached hydrogens (tertiary/aromatic N) is 1. The topological polar surface area (TPSA) is 70.0 Å². The van der Waals surface area contributed by atoms with E-state index in [1.807, 2.05) is 0 Å². The van der Waals surface area contributed by atoms with Gasteiger partial charge in [-0.05, 0) is 45.8 Å². The Balaban J connectivity index is 0. The molecule has 0 aromatic rings. The fourth-order valence-electron chi connectivity index (χ4n) is 5.21. The van der Waals surface area contributed by atoms with Crippen LogP contribution in [0.25, 0.3) is 0 Å². The fraction of sp³-hybridized carbons (Fsp3) is 1.00. The SMILES string of the molecule is CCCCCCCCCCC(CCCCCCCC)COP(=O)(O)O.CCCCCCCCCCCCN(C)C. The van der Waals surface area contributed by atoms with Crippen LogP contribution in [0.4, 0.5) is 0 Å². The van der Waals surface area contributed by atoms with Gasteiger partial charge in [-0.2, -0.15) is 0 Å². The molecule has 0 spiro atoms. The summed E-state index contributed by atoms with van der Waals surface area (Å²) in [6.45, 7) is 8.21. The maximum Gasteiger partial charge on any atom is 0.469 e. The lowest BCUT2D eigenvalue weighted by molar-refractivity contribution is 0.157. The minimum Gasteiger partial charge on any atom is -0.309 e. The van der Waals surface area contributed by atoms with Crippen molar-refractivity contribution in [3.05, 3.63) is 0 Å². The molecule has 1 unspecified atom stereocenters. The first-order valence-electron chi connectivity index (χ1n) is 17.6. The van der Waals surface area contributed by atoms with Gasteiger partial charge in [0.2, 0.25) is 0 Å². The summed E-state index contributed by atoms with van der Waals surface area (Å²) in [5, 5.41) is 0. The van der Waals surface area contributed by atoms with Crippen molar-refractivity contribution in [1.82, 2.24) is 4.90 Å². The van der Waals surface area contributed by atoms with Crippen molar-refractivity contribution in [3.63, 3.8) is 0 Å². The van der Waals surface area contributed by atoms with Crippen molar-refractivity contribution in [2.45, 2.75) is 188 Å². The monoisotopic (exact) mass is 592 g/mol. The summed E-state index contributed by atoms with van der Waals surface area (Å²) in [6, 6.07) is 0. The third-order valence-electron chi connectivity index (χ3n) is 7.87. The number of unbranched alkanes of at least 4 members (excludes halogenated alkanes) is 21. The van der Waals surface area contributed by atoms with Crippen LogP contribution in [0.2, 0.25) is 0 Å². The summed E-state index contributed by atoms with van der Waals surface area (Å²) in [6.07, 6.45) is 34.3. The normalized spacial score (nSPS) is 12.5. The highest BCUT2D eigenvalue weighted by Gasteiger charge is 2.18. The van der Waals surface area contributed by atoms with E-state index in [2.05, 4.69) is 39.8 Å². The molecule has 6 heteroatoms. The van der Waals surface area contributed by atoms with Crippen LogP contribution in [0, 0.1) is 5.92 Å². The summed E-state index contributed by atoms with van der Waals surface area (Å²) in [4.78, 5) is 20.2. The summed E-state index contributed by atoms with van der Waals surface area (Å²) >= 11 is 0. The number of rotatable bonds is 30. The van der Waals surface area contributed by atoms with E-state index < -0.39 is 7.82 Å². The van der Waals surface area contributed by atoms with Crippen LogP contribution in [0.15, 0.2) is 0 Å². The largest absolute Gasteiger partial charge is 0.469 e. The van der Waals surface area contributed by atoms with Gasteiger partial charge in [0.1, 0.15) is 0 Å². The average Bonchev–Trinajstić information content (AvgIpc) is 2.91. The highest BCUT2D eigenvalue weighted by molar-refractivity contribution is 7.46. The van der Waals surface area contributed by atoms with Gasteiger partial charge in [0.25, 0.3) is 0 Å². The van der Waals surface area contributed by atoms with Gasteiger partial charge in [-0.15, -0.1) is 0 Å². The second kappa shape index (κ2) is 33.6. The van der Waals surface area contributed by atoms with E-state index in [1.54, 1.807) is 0 Å². The van der Waals surface area contributed by atoms with E-state index >= 15 is 0 Å². The van der Waals surface area contributed by atoms with Gasteiger partial charge in [-0.25, -0.2) is 4.57 Å². The molecule has 0 rings (SSSR count). The Kier molecular flexibility index (Phi) is 35.4. The first-order valence-corrected chi connectivity index (χ1v) is 19.1. The quantitative estimate of drug-likeness (QED) is 0.0642. The second-order valence-electron chi connectivity index (χ2n) is 12.5. The molecular formula is C34H74NO4P. The molecule has 0 fully saturated rings. The lowest BCUT2D eigenvalue weighted by Gasteiger charge is -2.17. The van der Waals surface area contributed by atoms with E-state index in [9.17, 15) is 4.57 Å². The van der Waals surface area contributed by atoms with E-state index in [4.69, 9.17) is 14.3 Å². The van der Waals surface area contributed by atoms with E-state index in [-0.39, 0.29) is 6.61 Å². The molecule has 0 aliphatic heterocycles. The lowest BCUT2D eigenvalue weighted by Crippen LogP contribution is -2.12. The summed E-state index contributed by atoms with van der Waals surface area (Å²) in [7, 11) is -0.0132. The highest BCUT2D eigenvalue weighted by Crippen LogP contribution is 2.37. The molecule has 0 bridgehead atoms. The maximum absolute atomic E-state index is 11.0. The Morgan fingerprint density at radius 1 is 0.525 bits per heavy atom. The molecule has 244 valence electrons. The average molecular weight is 592 g/mol. The zero-order valence-corrected chi connectivity index (χ0v) is 28.9. The Hall–Kier alpha value is 0.0700. The number of hydrogen-bond donors (Lipinski definition) is 2. The fourth-order valence-corrected chi connectivity index (χ4v) is 5.61. The van der Waals surface area contributed by atoms with Gasteiger partial charge in [0, 0.05) is 0 Å². The minimum atomic E-state index is -4.33. The Bertz CT molecular complexity index is 512. The van der Waals surface area contributed by atoms with Gasteiger partial charge >= 0.3 is 7.82 Å². The van der Waals surface area contributed by atoms with Gasteiger partial charge in [-0.1, -0.05) is 168 Å². The molecule has 0 aliphatic carbocycles. The molecule has 0 aromatic carbocycles. The molecule has 0 saturated carbocycles. The predicted octanol–water partition coefficient (Wildman–Crippen LogP) is 11.5. The van der Waals surface area contributed by atoms with Crippen molar-refractivity contribution in [2.24, 2.45) is 5.92 Å². The van der Waals surface area contributed by atoms with Crippen molar-refractivity contribution in [1.29, 1.82) is 0 Å². The maximum atomic E-state index is 11.0. The summed E-state index contributed by atoms with van der Waals surface area (Å²) in [5.41, 5.74) is 0. The van der Waals surface area contributed by atoms with Crippen LogP contribution in [0.3, 0.4) is 0 Å². The summed E-state index contributed by atoms with van der Waals surface area (Å²) in [5.74, 6) is 0.291. The van der Waals surface area contributed by atoms with E-state index in [1.165, 1.54) is 148 Å². The minimum absolute atomic E-state index is 0.204. The molecule has 1 atom stereocenters. The molecule has 40 heavy (non-hydrogen) atoms. The third-order valence-corrected chi connectivity index (χ3v) is 8.35. The van der Waals surface area contributed by atoms with Crippen LogP contribution in [0.5, 0.6) is 0 Å². The van der Waals surface area contributed by atoms with Crippen LogP contribution in [-0.4, -0.2) is 41.9 Å². The zero-order chi connectivity index (χ0) is 30.2.